The number of carboxylic acids is 1. The molecule has 2 aliphatic rings. The molecule has 0 bridgehead atoms. The molecule has 2 fully saturated rings. The van der Waals surface area contributed by atoms with E-state index in [0.29, 0.717) is 25.4 Å². The van der Waals surface area contributed by atoms with Crippen LogP contribution in [0.1, 0.15) is 32.1 Å². The Kier molecular flexibility index (Phi) is 4.76. The summed E-state index contributed by atoms with van der Waals surface area (Å²) in [6, 6.07) is 0. The molecule has 6 heteroatoms. The Morgan fingerprint density at radius 1 is 1.37 bits per heavy atom. The molecule has 0 aromatic carbocycles. The first kappa shape index (κ1) is 14.3. The predicted molar refractivity (Wildman–Crippen MR) is 68.8 cm³/mol. The number of nitrogens with one attached hydrogen (secondary N) is 2. The highest BCUT2D eigenvalue weighted by molar-refractivity contribution is 5.87. The van der Waals surface area contributed by atoms with E-state index in [-0.39, 0.29) is 12.5 Å². The van der Waals surface area contributed by atoms with Crippen molar-refractivity contribution in [3.05, 3.63) is 0 Å². The van der Waals surface area contributed by atoms with E-state index >= 15 is 0 Å². The summed E-state index contributed by atoms with van der Waals surface area (Å²) in [5.74, 6) is -0.598. The van der Waals surface area contributed by atoms with Gasteiger partial charge in [0.2, 0.25) is 5.91 Å². The Labute approximate surface area is 112 Å². The van der Waals surface area contributed by atoms with E-state index in [9.17, 15) is 14.7 Å². The van der Waals surface area contributed by atoms with Crippen LogP contribution in [-0.4, -0.2) is 48.8 Å². The van der Waals surface area contributed by atoms with Crippen molar-refractivity contribution in [3.8, 4) is 0 Å². The van der Waals surface area contributed by atoms with E-state index < -0.39 is 11.5 Å². The van der Waals surface area contributed by atoms with Crippen molar-refractivity contribution in [3.63, 3.8) is 0 Å². The molecule has 0 radical (unpaired) electrons. The SMILES string of the molecule is O=C(CCC1CCNCC1)NC1(C(=O)O)CCOC1. The Morgan fingerprint density at radius 2 is 2.11 bits per heavy atom. The van der Waals surface area contributed by atoms with Crippen LogP contribution in [0.4, 0.5) is 0 Å². The number of rotatable bonds is 5. The molecule has 0 aromatic heterocycles. The fourth-order valence-corrected chi connectivity index (χ4v) is 2.72. The van der Waals surface area contributed by atoms with Crippen LogP contribution in [-0.2, 0) is 14.3 Å². The van der Waals surface area contributed by atoms with Crippen molar-refractivity contribution in [2.45, 2.75) is 37.6 Å². The van der Waals surface area contributed by atoms with Crippen molar-refractivity contribution in [2.75, 3.05) is 26.3 Å². The van der Waals surface area contributed by atoms with Crippen LogP contribution in [0.25, 0.3) is 0 Å². The molecule has 0 spiro atoms. The van der Waals surface area contributed by atoms with Gasteiger partial charge < -0.3 is 20.5 Å². The number of amides is 1. The van der Waals surface area contributed by atoms with Gasteiger partial charge in [-0.15, -0.1) is 0 Å². The topological polar surface area (TPSA) is 87.7 Å². The maximum absolute atomic E-state index is 11.9. The molecule has 0 aliphatic carbocycles. The van der Waals surface area contributed by atoms with Gasteiger partial charge in [-0.25, -0.2) is 4.79 Å². The summed E-state index contributed by atoms with van der Waals surface area (Å²) in [4.78, 5) is 23.2. The zero-order valence-electron chi connectivity index (χ0n) is 11.1. The Hall–Kier alpha value is -1.14. The molecule has 1 unspecified atom stereocenters. The summed E-state index contributed by atoms with van der Waals surface area (Å²) < 4.78 is 5.11. The molecule has 1 amide bonds. The van der Waals surface area contributed by atoms with Crippen LogP contribution in [0.2, 0.25) is 0 Å². The van der Waals surface area contributed by atoms with Gasteiger partial charge >= 0.3 is 5.97 Å². The maximum Gasteiger partial charge on any atom is 0.331 e. The third-order valence-corrected chi connectivity index (χ3v) is 4.05. The zero-order valence-corrected chi connectivity index (χ0v) is 11.1. The highest BCUT2D eigenvalue weighted by Gasteiger charge is 2.43. The Bertz CT molecular complexity index is 334. The maximum atomic E-state index is 11.9. The van der Waals surface area contributed by atoms with Crippen LogP contribution < -0.4 is 10.6 Å². The molecule has 6 nitrogen and oxygen atoms in total. The summed E-state index contributed by atoms with van der Waals surface area (Å²) in [6.45, 7) is 2.49. The van der Waals surface area contributed by atoms with Crippen LogP contribution in [0.3, 0.4) is 0 Å². The minimum absolute atomic E-state index is 0.0709. The van der Waals surface area contributed by atoms with Gasteiger partial charge in [0.25, 0.3) is 0 Å². The van der Waals surface area contributed by atoms with Gasteiger partial charge in [-0.05, 0) is 38.3 Å². The number of carbonyl (C=O) groups is 2. The number of hydrogen-bond donors (Lipinski definition) is 3. The zero-order chi connectivity index (χ0) is 13.7. The Balaban J connectivity index is 1.78. The van der Waals surface area contributed by atoms with Crippen LogP contribution in [0.15, 0.2) is 0 Å². The lowest BCUT2D eigenvalue weighted by Gasteiger charge is -2.25. The largest absolute Gasteiger partial charge is 0.479 e. The number of carbonyl (C=O) groups excluding carboxylic acids is 1. The molecule has 2 aliphatic heterocycles. The molecule has 0 aromatic rings. The molecular weight excluding hydrogens is 248 g/mol. The molecule has 2 heterocycles. The molecule has 1 atom stereocenters. The summed E-state index contributed by atoms with van der Waals surface area (Å²) in [7, 11) is 0. The van der Waals surface area contributed by atoms with Crippen LogP contribution in [0.5, 0.6) is 0 Å². The Morgan fingerprint density at radius 3 is 2.68 bits per heavy atom. The third-order valence-electron chi connectivity index (χ3n) is 4.05. The third kappa shape index (κ3) is 3.67. The number of carboxylic acid groups (broad SMARTS) is 1. The van der Waals surface area contributed by atoms with E-state index in [1.165, 1.54) is 0 Å². The van der Waals surface area contributed by atoms with Gasteiger partial charge in [-0.2, -0.15) is 0 Å². The molecule has 108 valence electrons. The molecule has 3 N–H and O–H groups in total. The second-order valence-electron chi connectivity index (χ2n) is 5.47. The number of ether oxygens (including phenoxy) is 1. The van der Waals surface area contributed by atoms with E-state index in [1.54, 1.807) is 0 Å². The molecule has 2 saturated heterocycles. The highest BCUT2D eigenvalue weighted by Crippen LogP contribution is 2.21. The van der Waals surface area contributed by atoms with Gasteiger partial charge in [-0.3, -0.25) is 4.79 Å². The normalized spacial score (nSPS) is 28.2. The second kappa shape index (κ2) is 6.34. The van der Waals surface area contributed by atoms with Gasteiger partial charge in [0.15, 0.2) is 5.54 Å². The van der Waals surface area contributed by atoms with E-state index in [0.717, 1.165) is 32.4 Å². The lowest BCUT2D eigenvalue weighted by Crippen LogP contribution is -2.55. The van der Waals surface area contributed by atoms with Crippen LogP contribution in [0, 0.1) is 5.92 Å². The average molecular weight is 270 g/mol. The molecule has 19 heavy (non-hydrogen) atoms. The van der Waals surface area contributed by atoms with Crippen molar-refractivity contribution in [1.29, 1.82) is 0 Å². The standard InChI is InChI=1S/C13H22N2O4/c16-11(2-1-10-3-6-14-7-4-10)15-13(12(17)18)5-8-19-9-13/h10,14H,1-9H2,(H,15,16)(H,17,18). The lowest BCUT2D eigenvalue weighted by molar-refractivity contribution is -0.147. The first-order chi connectivity index (χ1) is 9.12. The summed E-state index contributed by atoms with van der Waals surface area (Å²) in [6.07, 6.45) is 3.78. The smallest absolute Gasteiger partial charge is 0.331 e. The first-order valence-corrected chi connectivity index (χ1v) is 6.95. The predicted octanol–water partition coefficient (Wildman–Crippen LogP) is 0.126. The van der Waals surface area contributed by atoms with E-state index in [2.05, 4.69) is 10.6 Å². The van der Waals surface area contributed by atoms with Crippen molar-refractivity contribution in [2.24, 2.45) is 5.92 Å². The van der Waals surface area contributed by atoms with Gasteiger partial charge in [-0.1, -0.05) is 0 Å². The minimum atomic E-state index is -1.20. The molecular formula is C13H22N2O4. The molecule has 0 saturated carbocycles. The number of hydrogen-bond acceptors (Lipinski definition) is 4. The van der Waals surface area contributed by atoms with E-state index in [4.69, 9.17) is 4.74 Å². The first-order valence-electron chi connectivity index (χ1n) is 6.95. The van der Waals surface area contributed by atoms with Crippen molar-refractivity contribution < 1.29 is 19.4 Å². The second-order valence-corrected chi connectivity index (χ2v) is 5.47. The lowest BCUT2D eigenvalue weighted by atomic mass is 9.92. The van der Waals surface area contributed by atoms with Crippen molar-refractivity contribution in [1.82, 2.24) is 10.6 Å². The summed E-state index contributed by atoms with van der Waals surface area (Å²) >= 11 is 0. The number of aliphatic carboxylic acids is 1. The monoisotopic (exact) mass is 270 g/mol. The van der Waals surface area contributed by atoms with E-state index in [1.807, 2.05) is 0 Å². The fraction of sp³-hybridized carbons (Fsp3) is 0.846. The minimum Gasteiger partial charge on any atom is -0.479 e. The van der Waals surface area contributed by atoms with Crippen LogP contribution >= 0.6 is 0 Å². The highest BCUT2D eigenvalue weighted by atomic mass is 16.5. The quantitative estimate of drug-likeness (QED) is 0.661. The summed E-state index contributed by atoms with van der Waals surface area (Å²) in [5, 5.41) is 15.2. The summed E-state index contributed by atoms with van der Waals surface area (Å²) in [5.41, 5.74) is -1.20. The number of piperidine rings is 1. The van der Waals surface area contributed by atoms with Gasteiger partial charge in [0.1, 0.15) is 0 Å². The van der Waals surface area contributed by atoms with Gasteiger partial charge in [0, 0.05) is 19.4 Å². The average Bonchev–Trinajstić information content (AvgIpc) is 2.87. The van der Waals surface area contributed by atoms with Crippen molar-refractivity contribution >= 4 is 11.9 Å². The fourth-order valence-electron chi connectivity index (χ4n) is 2.72. The van der Waals surface area contributed by atoms with Gasteiger partial charge in [0.05, 0.1) is 6.61 Å². The molecule has 2 rings (SSSR count).